The number of fused-ring (bicyclic) bond motifs is 2. The summed E-state index contributed by atoms with van der Waals surface area (Å²) < 4.78 is 29.6. The van der Waals surface area contributed by atoms with Gasteiger partial charge < -0.3 is 9.47 Å². The van der Waals surface area contributed by atoms with Crippen LogP contribution in [0.5, 0.6) is 0 Å². The summed E-state index contributed by atoms with van der Waals surface area (Å²) in [4.78, 5) is 15.8. The molecule has 154 valence electrons. The quantitative estimate of drug-likeness (QED) is 0.625. The smallest absolute Gasteiger partial charge is 0.243 e. The number of nitriles is 1. The molecule has 2 atom stereocenters. The molecule has 9 nitrogen and oxygen atoms in total. The number of nitrogens with zero attached hydrogens (tertiary/aromatic N) is 7. The molecule has 2 unspecified atom stereocenters. The van der Waals surface area contributed by atoms with Crippen molar-refractivity contribution in [2.75, 3.05) is 31.1 Å². The third kappa shape index (κ3) is 2.93. The van der Waals surface area contributed by atoms with Crippen molar-refractivity contribution in [2.24, 2.45) is 11.8 Å². The summed E-state index contributed by atoms with van der Waals surface area (Å²) in [5, 5.41) is 8.92. The van der Waals surface area contributed by atoms with E-state index in [9.17, 15) is 8.42 Å². The second kappa shape index (κ2) is 7.04. The first kappa shape index (κ1) is 19.0. The van der Waals surface area contributed by atoms with E-state index < -0.39 is 10.0 Å². The summed E-state index contributed by atoms with van der Waals surface area (Å²) in [6.07, 6.45) is 3.35. The predicted octanol–water partition coefficient (Wildman–Crippen LogP) is 1.47. The predicted molar refractivity (Wildman–Crippen MR) is 110 cm³/mol. The maximum Gasteiger partial charge on any atom is 0.243 e. The third-order valence-electron chi connectivity index (χ3n) is 6.10. The number of aryl methyl sites for hydroxylation is 1. The molecule has 0 amide bonds. The van der Waals surface area contributed by atoms with E-state index >= 15 is 0 Å². The Balaban J connectivity index is 1.34. The molecule has 0 N–H and O–H groups in total. The molecule has 2 aliphatic heterocycles. The monoisotopic (exact) mass is 423 g/mol. The van der Waals surface area contributed by atoms with Crippen molar-refractivity contribution in [1.82, 2.24) is 23.8 Å². The molecule has 0 spiro atoms. The Labute approximate surface area is 174 Å². The molecule has 2 fully saturated rings. The lowest BCUT2D eigenvalue weighted by atomic mass is 10.0. The summed E-state index contributed by atoms with van der Waals surface area (Å²) >= 11 is 0. The van der Waals surface area contributed by atoms with E-state index in [-0.39, 0.29) is 16.7 Å². The fraction of sp³-hybridized carbons (Fsp3) is 0.400. The van der Waals surface area contributed by atoms with E-state index in [2.05, 4.69) is 19.9 Å². The lowest BCUT2D eigenvalue weighted by molar-refractivity contribution is 0.453. The van der Waals surface area contributed by atoms with E-state index in [0.29, 0.717) is 18.7 Å². The second-order valence-corrected chi connectivity index (χ2v) is 9.72. The van der Waals surface area contributed by atoms with Crippen LogP contribution in [0.15, 0.2) is 41.8 Å². The van der Waals surface area contributed by atoms with Gasteiger partial charge in [0.2, 0.25) is 10.0 Å². The van der Waals surface area contributed by atoms with Crippen LogP contribution in [0.25, 0.3) is 11.2 Å². The van der Waals surface area contributed by atoms with Crippen molar-refractivity contribution in [3.8, 4) is 6.07 Å². The maximum atomic E-state index is 13.0. The van der Waals surface area contributed by atoms with Gasteiger partial charge in [-0.2, -0.15) is 9.57 Å². The molecule has 1 aromatic carbocycles. The van der Waals surface area contributed by atoms with Crippen molar-refractivity contribution in [3.63, 3.8) is 0 Å². The Kier molecular flexibility index (Phi) is 4.45. The van der Waals surface area contributed by atoms with Crippen LogP contribution in [0.2, 0.25) is 0 Å². The molecule has 0 aliphatic carbocycles. The van der Waals surface area contributed by atoms with Crippen LogP contribution in [0.4, 0.5) is 5.82 Å². The number of imidazole rings is 1. The minimum absolute atomic E-state index is 0.237. The lowest BCUT2D eigenvalue weighted by Crippen LogP contribution is -2.33. The van der Waals surface area contributed by atoms with Gasteiger partial charge in [0.15, 0.2) is 17.0 Å². The fourth-order valence-corrected chi connectivity index (χ4v) is 6.05. The number of sulfonamides is 1. The minimum Gasteiger partial charge on any atom is -0.354 e. The molecule has 2 saturated heterocycles. The first-order valence-corrected chi connectivity index (χ1v) is 11.4. The highest BCUT2D eigenvalue weighted by atomic mass is 32.2. The number of benzene rings is 1. The van der Waals surface area contributed by atoms with E-state index in [1.54, 1.807) is 29.1 Å². The van der Waals surface area contributed by atoms with E-state index in [1.807, 2.05) is 17.6 Å². The number of rotatable bonds is 4. The van der Waals surface area contributed by atoms with Crippen LogP contribution < -0.4 is 4.90 Å². The summed E-state index contributed by atoms with van der Waals surface area (Å²) in [7, 11) is -3.56. The zero-order valence-electron chi connectivity index (χ0n) is 16.5. The average molecular weight is 424 g/mol. The van der Waals surface area contributed by atoms with E-state index in [4.69, 9.17) is 5.26 Å². The first-order chi connectivity index (χ1) is 14.5. The van der Waals surface area contributed by atoms with Crippen molar-refractivity contribution in [1.29, 1.82) is 5.26 Å². The standard InChI is InChI=1S/C20H21N7O2S/c1-2-25-13-24-18-19(25)22-12-23-20(18)26-8-15-10-27(11-16(15)9-26)30(28,29)17-5-3-14(7-21)4-6-17/h3-6,12-13,15-16H,2,8-11H2,1H3. The molecule has 0 radical (unpaired) electrons. The number of hydrogen-bond donors (Lipinski definition) is 0. The van der Waals surface area contributed by atoms with Gasteiger partial charge in [0.05, 0.1) is 22.9 Å². The van der Waals surface area contributed by atoms with E-state index in [1.165, 1.54) is 12.1 Å². The Hall–Kier alpha value is -3.03. The molecular weight excluding hydrogens is 402 g/mol. The van der Waals surface area contributed by atoms with Crippen LogP contribution in [0.1, 0.15) is 12.5 Å². The van der Waals surface area contributed by atoms with Crippen molar-refractivity contribution in [2.45, 2.75) is 18.4 Å². The molecule has 2 aliphatic rings. The fourth-order valence-electron chi connectivity index (χ4n) is 4.50. The van der Waals surface area contributed by atoms with Crippen LogP contribution >= 0.6 is 0 Å². The molecule has 10 heteroatoms. The normalized spacial score (nSPS) is 21.8. The molecule has 3 aromatic rings. The SMILES string of the molecule is CCn1cnc2c(N3CC4CN(S(=O)(=O)c5ccc(C#N)cc5)CC4C3)ncnc21. The van der Waals surface area contributed by atoms with Gasteiger partial charge >= 0.3 is 0 Å². The first-order valence-electron chi connectivity index (χ1n) is 9.92. The zero-order chi connectivity index (χ0) is 20.9. The van der Waals surface area contributed by atoms with Gasteiger partial charge in [0.25, 0.3) is 0 Å². The number of hydrogen-bond acceptors (Lipinski definition) is 7. The highest BCUT2D eigenvalue weighted by Gasteiger charge is 2.45. The number of aromatic nitrogens is 4. The summed E-state index contributed by atoms with van der Waals surface area (Å²) in [5.41, 5.74) is 2.07. The van der Waals surface area contributed by atoms with Gasteiger partial charge in [-0.25, -0.2) is 23.4 Å². The Morgan fingerprint density at radius 1 is 1.07 bits per heavy atom. The Bertz CT molecular complexity index is 1230. The highest BCUT2D eigenvalue weighted by Crippen LogP contribution is 2.37. The molecule has 2 aromatic heterocycles. The third-order valence-corrected chi connectivity index (χ3v) is 7.94. The molecule has 4 heterocycles. The topological polar surface area (TPSA) is 108 Å². The molecule has 5 rings (SSSR count). The largest absolute Gasteiger partial charge is 0.354 e. The highest BCUT2D eigenvalue weighted by molar-refractivity contribution is 7.89. The summed E-state index contributed by atoms with van der Waals surface area (Å²) in [5.74, 6) is 1.32. The van der Waals surface area contributed by atoms with Gasteiger partial charge in [-0.3, -0.25) is 0 Å². The van der Waals surface area contributed by atoms with Gasteiger partial charge in [0.1, 0.15) is 6.33 Å². The van der Waals surface area contributed by atoms with Crippen molar-refractivity contribution < 1.29 is 8.42 Å². The van der Waals surface area contributed by atoms with Gasteiger partial charge in [-0.15, -0.1) is 0 Å². The van der Waals surface area contributed by atoms with Crippen LogP contribution in [-0.2, 0) is 16.6 Å². The molecular formula is C20H21N7O2S. The Morgan fingerprint density at radius 2 is 1.77 bits per heavy atom. The minimum atomic E-state index is -3.56. The van der Waals surface area contributed by atoms with Gasteiger partial charge in [-0.05, 0) is 43.0 Å². The second-order valence-electron chi connectivity index (χ2n) is 7.78. The van der Waals surface area contributed by atoms with Crippen LogP contribution in [0.3, 0.4) is 0 Å². The van der Waals surface area contributed by atoms with Crippen LogP contribution in [-0.4, -0.2) is 58.4 Å². The van der Waals surface area contributed by atoms with Gasteiger partial charge in [-0.1, -0.05) is 0 Å². The molecule has 0 saturated carbocycles. The lowest BCUT2D eigenvalue weighted by Gasteiger charge is -2.22. The zero-order valence-corrected chi connectivity index (χ0v) is 17.3. The average Bonchev–Trinajstić information content (AvgIpc) is 3.46. The van der Waals surface area contributed by atoms with E-state index in [0.717, 1.165) is 36.6 Å². The summed E-state index contributed by atoms with van der Waals surface area (Å²) in [6.45, 7) is 5.30. The van der Waals surface area contributed by atoms with Crippen LogP contribution in [0, 0.1) is 23.2 Å². The molecule has 30 heavy (non-hydrogen) atoms. The Morgan fingerprint density at radius 3 is 2.40 bits per heavy atom. The summed E-state index contributed by atoms with van der Waals surface area (Å²) in [6, 6.07) is 8.12. The van der Waals surface area contributed by atoms with Crippen molar-refractivity contribution in [3.05, 3.63) is 42.5 Å². The van der Waals surface area contributed by atoms with Crippen molar-refractivity contribution >= 4 is 27.0 Å². The maximum absolute atomic E-state index is 13.0. The van der Waals surface area contributed by atoms with Gasteiger partial charge in [0, 0.05) is 32.7 Å². The molecule has 0 bridgehead atoms. The number of anilines is 1.